The SMILES string of the molecule is O=C1CCC(c2ccccc2)=C1CC(=O)N1CCc2[nH]ncc2C1. The fraction of sp³-hybridized carbons (Fsp3) is 0.316. The summed E-state index contributed by atoms with van der Waals surface area (Å²) in [4.78, 5) is 26.8. The number of aromatic nitrogens is 2. The van der Waals surface area contributed by atoms with Crippen LogP contribution >= 0.6 is 0 Å². The van der Waals surface area contributed by atoms with Crippen LogP contribution in [0.4, 0.5) is 0 Å². The van der Waals surface area contributed by atoms with Crippen molar-refractivity contribution in [2.75, 3.05) is 6.54 Å². The predicted octanol–water partition coefficient (Wildman–Crippen LogP) is 2.50. The first kappa shape index (κ1) is 14.9. The van der Waals surface area contributed by atoms with E-state index in [0.29, 0.717) is 25.1 Å². The molecule has 1 aromatic heterocycles. The Morgan fingerprint density at radius 3 is 2.83 bits per heavy atom. The number of aromatic amines is 1. The molecule has 0 atom stereocenters. The van der Waals surface area contributed by atoms with Crippen LogP contribution in [0.15, 0.2) is 42.1 Å². The summed E-state index contributed by atoms with van der Waals surface area (Å²) in [5.41, 5.74) is 4.98. The molecule has 2 heterocycles. The second kappa shape index (κ2) is 6.07. The summed E-state index contributed by atoms with van der Waals surface area (Å²) in [6, 6.07) is 9.92. The molecule has 1 amide bonds. The lowest BCUT2D eigenvalue weighted by atomic mass is 9.99. The Balaban J connectivity index is 1.55. The number of carbonyl (C=O) groups is 2. The number of rotatable bonds is 3. The van der Waals surface area contributed by atoms with E-state index in [1.165, 1.54) is 0 Å². The minimum absolute atomic E-state index is 0.0283. The molecule has 122 valence electrons. The van der Waals surface area contributed by atoms with Crippen molar-refractivity contribution in [3.05, 3.63) is 58.9 Å². The standard InChI is InChI=1S/C19H19N3O2/c23-18-7-6-15(13-4-2-1-3-5-13)16(18)10-19(24)22-9-8-17-14(12-22)11-20-21-17/h1-5,11H,6-10,12H2,(H,20,21). The quantitative estimate of drug-likeness (QED) is 0.944. The van der Waals surface area contributed by atoms with Crippen LogP contribution in [0.3, 0.4) is 0 Å². The molecule has 4 rings (SSSR count). The van der Waals surface area contributed by atoms with Crippen molar-refractivity contribution < 1.29 is 9.59 Å². The minimum Gasteiger partial charge on any atom is -0.338 e. The van der Waals surface area contributed by atoms with E-state index >= 15 is 0 Å². The number of nitrogens with zero attached hydrogens (tertiary/aromatic N) is 2. The number of H-pyrrole nitrogens is 1. The zero-order chi connectivity index (χ0) is 16.5. The molecule has 5 heteroatoms. The summed E-state index contributed by atoms with van der Waals surface area (Å²) in [6.07, 6.45) is 4.02. The van der Waals surface area contributed by atoms with Crippen molar-refractivity contribution in [3.8, 4) is 0 Å². The van der Waals surface area contributed by atoms with E-state index in [9.17, 15) is 9.59 Å². The van der Waals surface area contributed by atoms with Crippen LogP contribution in [0.5, 0.6) is 0 Å². The number of hydrogen-bond acceptors (Lipinski definition) is 3. The maximum Gasteiger partial charge on any atom is 0.227 e. The topological polar surface area (TPSA) is 66.1 Å². The van der Waals surface area contributed by atoms with Gasteiger partial charge in [-0.3, -0.25) is 14.7 Å². The van der Waals surface area contributed by atoms with Crippen LogP contribution in [-0.2, 0) is 22.6 Å². The third kappa shape index (κ3) is 2.66. The van der Waals surface area contributed by atoms with Gasteiger partial charge in [-0.2, -0.15) is 5.10 Å². The van der Waals surface area contributed by atoms with Gasteiger partial charge < -0.3 is 4.90 Å². The molecular formula is C19H19N3O2. The number of Topliss-reactive ketones (excluding diaryl/α,β-unsaturated/α-hetero) is 1. The van der Waals surface area contributed by atoms with E-state index in [4.69, 9.17) is 0 Å². The van der Waals surface area contributed by atoms with E-state index in [-0.39, 0.29) is 18.1 Å². The molecule has 0 fully saturated rings. The van der Waals surface area contributed by atoms with Gasteiger partial charge in [-0.15, -0.1) is 0 Å². The first-order valence-corrected chi connectivity index (χ1v) is 8.32. The van der Waals surface area contributed by atoms with Crippen LogP contribution < -0.4 is 0 Å². The van der Waals surface area contributed by atoms with Gasteiger partial charge in [0.2, 0.25) is 5.91 Å². The van der Waals surface area contributed by atoms with Crippen molar-refractivity contribution in [1.29, 1.82) is 0 Å². The highest BCUT2D eigenvalue weighted by atomic mass is 16.2. The molecular weight excluding hydrogens is 302 g/mol. The van der Waals surface area contributed by atoms with Crippen molar-refractivity contribution in [2.24, 2.45) is 0 Å². The summed E-state index contributed by atoms with van der Waals surface area (Å²) in [6.45, 7) is 1.25. The first-order valence-electron chi connectivity index (χ1n) is 8.32. The molecule has 2 aliphatic rings. The summed E-state index contributed by atoms with van der Waals surface area (Å²) in [7, 11) is 0. The lowest BCUT2D eigenvalue weighted by Gasteiger charge is -2.26. The molecule has 0 radical (unpaired) electrons. The van der Waals surface area contributed by atoms with E-state index in [2.05, 4.69) is 10.2 Å². The average molecular weight is 321 g/mol. The molecule has 0 spiro atoms. The molecule has 0 saturated carbocycles. The molecule has 1 aliphatic heterocycles. The number of ketones is 1. The second-order valence-electron chi connectivity index (χ2n) is 6.36. The van der Waals surface area contributed by atoms with Crippen molar-refractivity contribution in [2.45, 2.75) is 32.2 Å². The highest BCUT2D eigenvalue weighted by molar-refractivity contribution is 6.10. The zero-order valence-corrected chi connectivity index (χ0v) is 13.4. The smallest absolute Gasteiger partial charge is 0.227 e. The van der Waals surface area contributed by atoms with E-state index in [0.717, 1.165) is 35.2 Å². The van der Waals surface area contributed by atoms with Gasteiger partial charge in [0.25, 0.3) is 0 Å². The number of amides is 1. The molecule has 1 aromatic carbocycles. The molecule has 1 aliphatic carbocycles. The molecule has 0 bridgehead atoms. The third-order valence-electron chi connectivity index (χ3n) is 4.91. The Morgan fingerprint density at radius 1 is 1.17 bits per heavy atom. The summed E-state index contributed by atoms with van der Waals surface area (Å²) in [5, 5.41) is 7.01. The Labute approximate surface area is 140 Å². The van der Waals surface area contributed by atoms with Crippen LogP contribution in [0.25, 0.3) is 5.57 Å². The normalized spacial score (nSPS) is 17.3. The second-order valence-corrected chi connectivity index (χ2v) is 6.36. The van der Waals surface area contributed by atoms with Gasteiger partial charge in [0.05, 0.1) is 12.6 Å². The molecule has 1 N–H and O–H groups in total. The Morgan fingerprint density at radius 2 is 2.00 bits per heavy atom. The zero-order valence-electron chi connectivity index (χ0n) is 13.4. The Bertz CT molecular complexity index is 820. The van der Waals surface area contributed by atoms with Crippen LogP contribution in [-0.4, -0.2) is 33.3 Å². The third-order valence-corrected chi connectivity index (χ3v) is 4.91. The number of hydrogen-bond donors (Lipinski definition) is 1. The number of nitrogens with one attached hydrogen (secondary N) is 1. The van der Waals surface area contributed by atoms with Gasteiger partial charge in [-0.25, -0.2) is 0 Å². The van der Waals surface area contributed by atoms with Crippen LogP contribution in [0, 0.1) is 0 Å². The van der Waals surface area contributed by atoms with Gasteiger partial charge in [0.1, 0.15) is 0 Å². The number of fused-ring (bicyclic) bond motifs is 1. The molecule has 0 unspecified atom stereocenters. The highest BCUT2D eigenvalue weighted by Crippen LogP contribution is 2.34. The molecule has 2 aromatic rings. The van der Waals surface area contributed by atoms with Gasteiger partial charge in [0, 0.05) is 42.8 Å². The summed E-state index contributed by atoms with van der Waals surface area (Å²) >= 11 is 0. The van der Waals surface area contributed by atoms with Gasteiger partial charge in [-0.05, 0) is 17.6 Å². The fourth-order valence-corrected chi connectivity index (χ4v) is 3.57. The lowest BCUT2D eigenvalue weighted by Crippen LogP contribution is -2.36. The van der Waals surface area contributed by atoms with Gasteiger partial charge in [-0.1, -0.05) is 30.3 Å². The Hall–Kier alpha value is -2.69. The summed E-state index contributed by atoms with van der Waals surface area (Å²) < 4.78 is 0. The number of allylic oxidation sites excluding steroid dienone is 1. The summed E-state index contributed by atoms with van der Waals surface area (Å²) in [5.74, 6) is 0.142. The highest BCUT2D eigenvalue weighted by Gasteiger charge is 2.29. The molecule has 24 heavy (non-hydrogen) atoms. The molecule has 5 nitrogen and oxygen atoms in total. The lowest BCUT2D eigenvalue weighted by molar-refractivity contribution is -0.132. The Kier molecular flexibility index (Phi) is 3.76. The van der Waals surface area contributed by atoms with Crippen LogP contribution in [0.2, 0.25) is 0 Å². The van der Waals surface area contributed by atoms with Crippen molar-refractivity contribution in [1.82, 2.24) is 15.1 Å². The maximum absolute atomic E-state index is 12.7. The van der Waals surface area contributed by atoms with E-state index in [1.807, 2.05) is 35.2 Å². The van der Waals surface area contributed by atoms with E-state index in [1.54, 1.807) is 6.20 Å². The minimum atomic E-state index is 0.0283. The van der Waals surface area contributed by atoms with Crippen molar-refractivity contribution in [3.63, 3.8) is 0 Å². The van der Waals surface area contributed by atoms with Crippen LogP contribution in [0.1, 0.15) is 36.1 Å². The first-order chi connectivity index (χ1) is 11.7. The average Bonchev–Trinajstić information content (AvgIpc) is 3.22. The van der Waals surface area contributed by atoms with E-state index < -0.39 is 0 Å². The largest absolute Gasteiger partial charge is 0.338 e. The maximum atomic E-state index is 12.7. The van der Waals surface area contributed by atoms with Gasteiger partial charge in [0.15, 0.2) is 5.78 Å². The molecule has 0 saturated heterocycles. The van der Waals surface area contributed by atoms with Crippen molar-refractivity contribution >= 4 is 17.3 Å². The fourth-order valence-electron chi connectivity index (χ4n) is 3.57. The number of benzene rings is 1. The van der Waals surface area contributed by atoms with Gasteiger partial charge >= 0.3 is 0 Å². The predicted molar refractivity (Wildman–Crippen MR) is 89.9 cm³/mol. The number of carbonyl (C=O) groups excluding carboxylic acids is 2. The monoisotopic (exact) mass is 321 g/mol.